The zero-order valence-electron chi connectivity index (χ0n) is 22.7. The summed E-state index contributed by atoms with van der Waals surface area (Å²) in [4.78, 5) is 18.7. The van der Waals surface area contributed by atoms with E-state index >= 15 is 0 Å². The van der Waals surface area contributed by atoms with Gasteiger partial charge in [-0.3, -0.25) is 20.2 Å². The molecule has 3 rings (SSSR count). The zero-order chi connectivity index (χ0) is 31.7. The molecule has 0 spiro atoms. The lowest BCUT2D eigenvalue weighted by Gasteiger charge is -2.12. The highest BCUT2D eigenvalue weighted by Crippen LogP contribution is 2.35. The maximum atomic E-state index is 12.6. The quantitative estimate of drug-likeness (QED) is 0.239. The number of rotatable bonds is 11. The Morgan fingerprint density at radius 3 is 1.71 bits per heavy atom. The van der Waals surface area contributed by atoms with Crippen LogP contribution in [0.15, 0.2) is 64.9 Å². The number of nitrogens with zero attached hydrogens (tertiary/aromatic N) is 2. The van der Waals surface area contributed by atoms with Gasteiger partial charge in [0.15, 0.2) is 9.84 Å². The van der Waals surface area contributed by atoms with Crippen LogP contribution in [-0.2, 0) is 25.6 Å². The van der Waals surface area contributed by atoms with Gasteiger partial charge in [0, 0.05) is 29.7 Å². The SMILES string of the molecule is COc1cc(OC)c(C=CS(=O)(=O)Cc2ccc(OC)c(S(N)(=O)=O)c2)c(OC)c1.O=[N+]([O-])c1cccc([N+](=O)[O-])c1. The van der Waals surface area contributed by atoms with Crippen molar-refractivity contribution in [2.75, 3.05) is 28.4 Å². The Morgan fingerprint density at radius 1 is 0.762 bits per heavy atom. The van der Waals surface area contributed by atoms with Gasteiger partial charge in [0.05, 0.1) is 55.7 Å². The van der Waals surface area contributed by atoms with Crippen molar-refractivity contribution in [3.8, 4) is 23.0 Å². The third-order valence-electron chi connectivity index (χ3n) is 5.35. The van der Waals surface area contributed by atoms with Gasteiger partial charge in [-0.2, -0.15) is 0 Å². The first-order valence-corrected chi connectivity index (χ1v) is 14.7. The molecule has 0 aliphatic heterocycles. The predicted molar refractivity (Wildman–Crippen MR) is 152 cm³/mol. The second-order valence-electron chi connectivity index (χ2n) is 8.12. The lowest BCUT2D eigenvalue weighted by molar-refractivity contribution is -0.394. The van der Waals surface area contributed by atoms with Crippen molar-refractivity contribution in [1.29, 1.82) is 0 Å². The van der Waals surface area contributed by atoms with Crippen LogP contribution >= 0.6 is 0 Å². The van der Waals surface area contributed by atoms with E-state index < -0.39 is 35.5 Å². The molecule has 3 aromatic rings. The summed E-state index contributed by atoms with van der Waals surface area (Å²) >= 11 is 0. The van der Waals surface area contributed by atoms with Gasteiger partial charge in [0.2, 0.25) is 10.0 Å². The van der Waals surface area contributed by atoms with Crippen LogP contribution in [-0.4, -0.2) is 55.1 Å². The van der Waals surface area contributed by atoms with Crippen LogP contribution < -0.4 is 24.1 Å². The van der Waals surface area contributed by atoms with Crippen molar-refractivity contribution in [3.05, 3.63) is 91.4 Å². The molecule has 0 aliphatic carbocycles. The van der Waals surface area contributed by atoms with Crippen LogP contribution in [0.2, 0.25) is 0 Å². The molecule has 0 aromatic heterocycles. The molecule has 0 atom stereocenters. The van der Waals surface area contributed by atoms with E-state index in [0.717, 1.165) is 11.5 Å². The molecule has 0 heterocycles. The van der Waals surface area contributed by atoms with Crippen molar-refractivity contribution < 1.29 is 45.6 Å². The largest absolute Gasteiger partial charge is 0.496 e. The number of non-ortho nitro benzene ring substituents is 2. The van der Waals surface area contributed by atoms with E-state index in [1.165, 1.54) is 70.9 Å². The molecule has 0 fully saturated rings. The van der Waals surface area contributed by atoms with Gasteiger partial charge < -0.3 is 18.9 Å². The Hall–Kier alpha value is -4.74. The van der Waals surface area contributed by atoms with E-state index in [1.807, 2.05) is 0 Å². The molecule has 0 aliphatic rings. The van der Waals surface area contributed by atoms with Gasteiger partial charge in [0.1, 0.15) is 27.9 Å². The summed E-state index contributed by atoms with van der Waals surface area (Å²) in [6.07, 6.45) is 1.34. The first-order valence-electron chi connectivity index (χ1n) is 11.4. The Morgan fingerprint density at radius 2 is 1.29 bits per heavy atom. The van der Waals surface area contributed by atoms with Gasteiger partial charge in [-0.1, -0.05) is 6.07 Å². The highest BCUT2D eigenvalue weighted by Gasteiger charge is 2.18. The summed E-state index contributed by atoms with van der Waals surface area (Å²) in [5.74, 6) is 0.785. The van der Waals surface area contributed by atoms with Crippen molar-refractivity contribution in [2.24, 2.45) is 5.14 Å². The van der Waals surface area contributed by atoms with E-state index in [0.29, 0.717) is 22.8 Å². The van der Waals surface area contributed by atoms with Crippen molar-refractivity contribution in [2.45, 2.75) is 10.6 Å². The number of nitrogens with two attached hydrogens (primary N) is 1. The van der Waals surface area contributed by atoms with Gasteiger partial charge in [-0.25, -0.2) is 22.0 Å². The van der Waals surface area contributed by atoms with Crippen LogP contribution in [0.1, 0.15) is 11.1 Å². The number of ether oxygens (including phenoxy) is 4. The third-order valence-corrected chi connectivity index (χ3v) is 7.57. The first-order chi connectivity index (χ1) is 19.6. The summed E-state index contributed by atoms with van der Waals surface area (Å²) in [6.45, 7) is 0. The molecule has 0 bridgehead atoms. The number of nitro groups is 2. The molecule has 3 aromatic carbocycles. The van der Waals surface area contributed by atoms with Gasteiger partial charge in [-0.05, 0) is 29.8 Å². The maximum Gasteiger partial charge on any atom is 0.276 e. The lowest BCUT2D eigenvalue weighted by atomic mass is 10.1. The van der Waals surface area contributed by atoms with Crippen molar-refractivity contribution in [1.82, 2.24) is 0 Å². The lowest BCUT2D eigenvalue weighted by Crippen LogP contribution is -2.14. The van der Waals surface area contributed by atoms with Crippen LogP contribution in [0.3, 0.4) is 0 Å². The Labute approximate surface area is 241 Å². The third kappa shape index (κ3) is 9.15. The minimum Gasteiger partial charge on any atom is -0.496 e. The fourth-order valence-electron chi connectivity index (χ4n) is 3.40. The summed E-state index contributed by atoms with van der Waals surface area (Å²) < 4.78 is 69.4. The fourth-order valence-corrected chi connectivity index (χ4v) is 5.23. The fraction of sp³-hybridized carbons (Fsp3) is 0.200. The van der Waals surface area contributed by atoms with Crippen LogP contribution in [0, 0.1) is 20.2 Å². The summed E-state index contributed by atoms with van der Waals surface area (Å²) in [6, 6.07) is 11.8. The van der Waals surface area contributed by atoms with E-state index in [2.05, 4.69) is 0 Å². The van der Waals surface area contributed by atoms with E-state index in [1.54, 1.807) is 12.1 Å². The number of sulfonamides is 1. The Kier molecular flexibility index (Phi) is 11.3. The number of nitro benzene ring substituents is 2. The standard InChI is InChI=1S/C19H23NO8S2.C6H4N2O4/c1-25-14-10-17(27-3)15(18(11-14)28-4)7-8-29(21,22)12-13-5-6-16(26-2)19(9-13)30(20,23)24;9-7(10)5-2-1-3-6(4-5)8(11)12/h5-11H,12H2,1-4H3,(H2,20,23,24);1-4H. The summed E-state index contributed by atoms with van der Waals surface area (Å²) in [5, 5.41) is 26.5. The summed E-state index contributed by atoms with van der Waals surface area (Å²) in [5.41, 5.74) is 0.0934. The molecular formula is C25H27N3O12S2. The normalized spacial score (nSPS) is 11.3. The molecule has 0 amide bonds. The topological polar surface area (TPSA) is 217 Å². The monoisotopic (exact) mass is 625 g/mol. The maximum absolute atomic E-state index is 12.6. The average Bonchev–Trinajstić information content (AvgIpc) is 2.95. The van der Waals surface area contributed by atoms with E-state index in [9.17, 15) is 37.1 Å². The molecule has 2 N–H and O–H groups in total. The molecule has 17 heteroatoms. The molecule has 0 radical (unpaired) electrons. The second kappa shape index (κ2) is 14.2. The average molecular weight is 626 g/mol. The Bertz CT molecular complexity index is 1650. The van der Waals surface area contributed by atoms with E-state index in [-0.39, 0.29) is 27.6 Å². The second-order valence-corrected chi connectivity index (χ2v) is 11.5. The highest BCUT2D eigenvalue weighted by atomic mass is 32.2. The number of sulfone groups is 1. The molecule has 42 heavy (non-hydrogen) atoms. The highest BCUT2D eigenvalue weighted by molar-refractivity contribution is 7.93. The number of primary sulfonamides is 1. The Balaban J connectivity index is 0.000000428. The van der Waals surface area contributed by atoms with Gasteiger partial charge >= 0.3 is 0 Å². The molecule has 0 saturated carbocycles. The van der Waals surface area contributed by atoms with Gasteiger partial charge in [0.25, 0.3) is 11.4 Å². The molecule has 226 valence electrons. The predicted octanol–water partition coefficient (Wildman–Crippen LogP) is 3.46. The minimum absolute atomic E-state index is 0.0295. The van der Waals surface area contributed by atoms with Gasteiger partial charge in [-0.15, -0.1) is 0 Å². The van der Waals surface area contributed by atoms with E-state index in [4.69, 9.17) is 24.1 Å². The number of hydrogen-bond acceptors (Lipinski definition) is 12. The zero-order valence-corrected chi connectivity index (χ0v) is 24.4. The molecule has 0 unspecified atom stereocenters. The molecular weight excluding hydrogens is 598 g/mol. The van der Waals surface area contributed by atoms with Crippen LogP contribution in [0.25, 0.3) is 6.08 Å². The smallest absolute Gasteiger partial charge is 0.276 e. The first kappa shape index (κ1) is 33.5. The van der Waals surface area contributed by atoms with Crippen molar-refractivity contribution in [3.63, 3.8) is 0 Å². The summed E-state index contributed by atoms with van der Waals surface area (Å²) in [7, 11) is -2.22. The van der Waals surface area contributed by atoms with Crippen molar-refractivity contribution >= 4 is 37.3 Å². The molecule has 15 nitrogen and oxygen atoms in total. The number of hydrogen-bond donors (Lipinski definition) is 1. The van der Waals surface area contributed by atoms with Crippen LogP contribution in [0.4, 0.5) is 11.4 Å². The van der Waals surface area contributed by atoms with Crippen LogP contribution in [0.5, 0.6) is 23.0 Å². The number of methoxy groups -OCH3 is 4. The minimum atomic E-state index is -4.09. The molecule has 0 saturated heterocycles. The number of benzene rings is 3.